The summed E-state index contributed by atoms with van der Waals surface area (Å²) in [5.74, 6) is -5.69. The van der Waals surface area contributed by atoms with Crippen LogP contribution >= 0.6 is 0 Å². The molecule has 7 unspecified atom stereocenters. The first-order chi connectivity index (χ1) is 33.0. The predicted octanol–water partition coefficient (Wildman–Crippen LogP) is -0.456. The minimum Gasteiger partial charge on any atom is -0.462 e. The number of nitrogens with two attached hydrogens (primary N) is 1. The van der Waals surface area contributed by atoms with Gasteiger partial charge in [0.15, 0.2) is 12.1 Å². The third kappa shape index (κ3) is 22.9. The summed E-state index contributed by atoms with van der Waals surface area (Å²) >= 11 is 0. The standard InChI is InChI=1S/C49H78N2O18S/c1-31-17-14-12-10-8-6-4-5-7-9-11-13-15-18-36(68-48-46(61)45(50)41(59)30-66-48)27-42-44(47(62)51-21-16-22-70(3,64)65)40(58)29-49(63,69-42)28-35(54)25-39(57)37(55)20-19-33(52)24-34(53)26-43(60)67-32(2)23-38(31)56/h4-15,17-18,31-42,44-46,48,52-59,61,63H,16,19-30,50H2,1-3H3,(H,51,62)/b5-4+,8-6+,9-7+,12-10+,13-11+,17-14+,18-15+/t31-,32-,33?,34+,35?,36?,37?,38-,39?,40-,41+,42-,44?,45-,46-,48-,49?/m0/s1. The van der Waals surface area contributed by atoms with Crippen LogP contribution in [0.25, 0.3) is 0 Å². The molecular formula is C49H78N2O18S. The highest BCUT2D eigenvalue weighted by molar-refractivity contribution is 7.90. The van der Waals surface area contributed by atoms with Crippen LogP contribution in [0, 0.1) is 11.8 Å². The van der Waals surface area contributed by atoms with Crippen LogP contribution in [0.5, 0.6) is 0 Å². The second-order valence-electron chi connectivity index (χ2n) is 18.6. The second-order valence-corrected chi connectivity index (χ2v) is 20.9. The van der Waals surface area contributed by atoms with Gasteiger partial charge in [-0.2, -0.15) is 0 Å². The molecule has 0 radical (unpaired) electrons. The number of cyclic esters (lactones) is 1. The second kappa shape index (κ2) is 30.5. The van der Waals surface area contributed by atoms with Crippen molar-refractivity contribution in [1.82, 2.24) is 5.32 Å². The molecule has 13 N–H and O–H groups in total. The molecule has 0 aromatic rings. The molecule has 0 aromatic heterocycles. The third-order valence-electron chi connectivity index (χ3n) is 12.1. The predicted molar refractivity (Wildman–Crippen MR) is 258 cm³/mol. The summed E-state index contributed by atoms with van der Waals surface area (Å²) in [6.45, 7) is 3.08. The van der Waals surface area contributed by atoms with Crippen LogP contribution in [0.1, 0.15) is 78.1 Å². The van der Waals surface area contributed by atoms with E-state index in [9.17, 15) is 69.1 Å². The molecule has 2 bridgehead atoms. The zero-order chi connectivity index (χ0) is 52.0. The molecule has 398 valence electrons. The zero-order valence-corrected chi connectivity index (χ0v) is 41.1. The molecule has 20 nitrogen and oxygen atoms in total. The minimum atomic E-state index is -3.35. The molecule has 17 atom stereocenters. The lowest BCUT2D eigenvalue weighted by molar-refractivity contribution is -0.304. The number of allylic oxidation sites excluding steroid dienone is 12. The van der Waals surface area contributed by atoms with Gasteiger partial charge < -0.3 is 81.1 Å². The number of esters is 1. The lowest BCUT2D eigenvalue weighted by atomic mass is 9.82. The number of aliphatic hydroxyl groups excluding tert-OH is 9. The zero-order valence-electron chi connectivity index (χ0n) is 40.2. The van der Waals surface area contributed by atoms with Gasteiger partial charge in [0.05, 0.1) is 91.8 Å². The average molecular weight is 1020 g/mol. The molecule has 3 aliphatic rings. The van der Waals surface area contributed by atoms with Crippen molar-refractivity contribution in [3.8, 4) is 0 Å². The first-order valence-corrected chi connectivity index (χ1v) is 25.9. The molecule has 3 aliphatic heterocycles. The van der Waals surface area contributed by atoms with Crippen molar-refractivity contribution in [3.05, 3.63) is 85.1 Å². The van der Waals surface area contributed by atoms with Gasteiger partial charge in [-0.3, -0.25) is 9.59 Å². The molecule has 2 saturated heterocycles. The van der Waals surface area contributed by atoms with Crippen molar-refractivity contribution >= 4 is 21.7 Å². The normalized spacial score (nSPS) is 41.1. The van der Waals surface area contributed by atoms with E-state index >= 15 is 0 Å². The largest absolute Gasteiger partial charge is 0.462 e. The monoisotopic (exact) mass is 1010 g/mol. The van der Waals surface area contributed by atoms with E-state index in [0.29, 0.717) is 0 Å². The smallest absolute Gasteiger partial charge is 0.308 e. The van der Waals surface area contributed by atoms with E-state index in [1.807, 2.05) is 6.92 Å². The van der Waals surface area contributed by atoms with E-state index in [0.717, 1.165) is 6.26 Å². The van der Waals surface area contributed by atoms with E-state index in [-0.39, 0.29) is 63.3 Å². The van der Waals surface area contributed by atoms with Crippen molar-refractivity contribution in [2.24, 2.45) is 17.6 Å². The Kier molecular flexibility index (Phi) is 26.5. The summed E-state index contributed by atoms with van der Waals surface area (Å²) in [5, 5.41) is 111. The van der Waals surface area contributed by atoms with Crippen LogP contribution < -0.4 is 11.1 Å². The van der Waals surface area contributed by atoms with Gasteiger partial charge in [-0.25, -0.2) is 8.42 Å². The number of nitrogens with one attached hydrogen (secondary N) is 1. The number of aliphatic hydroxyl groups is 10. The quantitative estimate of drug-likeness (QED) is 0.113. The van der Waals surface area contributed by atoms with Gasteiger partial charge in [0.2, 0.25) is 5.91 Å². The van der Waals surface area contributed by atoms with Crippen LogP contribution in [-0.4, -0.2) is 188 Å². The number of ether oxygens (including phenoxy) is 4. The maximum Gasteiger partial charge on any atom is 0.308 e. The summed E-state index contributed by atoms with van der Waals surface area (Å²) in [5.41, 5.74) is 5.99. The summed E-state index contributed by atoms with van der Waals surface area (Å²) in [4.78, 5) is 26.2. The number of hydrogen-bond donors (Lipinski definition) is 12. The van der Waals surface area contributed by atoms with Crippen LogP contribution in [0.3, 0.4) is 0 Å². The molecule has 3 rings (SSSR count). The number of amides is 1. The van der Waals surface area contributed by atoms with E-state index < -0.39 is 145 Å². The third-order valence-corrected chi connectivity index (χ3v) is 13.1. The highest BCUT2D eigenvalue weighted by Gasteiger charge is 2.50. The number of hydrogen-bond acceptors (Lipinski definition) is 19. The summed E-state index contributed by atoms with van der Waals surface area (Å²) in [6, 6.07) is -1.14. The van der Waals surface area contributed by atoms with Gasteiger partial charge in [0.1, 0.15) is 22.0 Å². The van der Waals surface area contributed by atoms with Gasteiger partial charge in [-0.1, -0.05) is 92.0 Å². The minimum absolute atomic E-state index is 0.0619. The number of carbonyl (C=O) groups excluding carboxylic acids is 2. The van der Waals surface area contributed by atoms with E-state index in [1.165, 1.54) is 6.08 Å². The first-order valence-electron chi connectivity index (χ1n) is 23.9. The van der Waals surface area contributed by atoms with Crippen molar-refractivity contribution in [3.63, 3.8) is 0 Å². The molecular weight excluding hydrogens is 937 g/mol. The molecule has 70 heavy (non-hydrogen) atoms. The molecule has 21 heteroatoms. The van der Waals surface area contributed by atoms with Gasteiger partial charge in [-0.05, 0) is 32.6 Å². The Balaban J connectivity index is 1.91. The van der Waals surface area contributed by atoms with Crippen LogP contribution in [-0.2, 0) is 38.4 Å². The Morgan fingerprint density at radius 1 is 0.743 bits per heavy atom. The highest BCUT2D eigenvalue weighted by Crippen LogP contribution is 2.38. The highest BCUT2D eigenvalue weighted by atomic mass is 32.2. The molecule has 2 fully saturated rings. The van der Waals surface area contributed by atoms with Crippen molar-refractivity contribution < 1.29 is 88.0 Å². The summed E-state index contributed by atoms with van der Waals surface area (Å²) < 4.78 is 46.6. The fraction of sp³-hybridized carbons (Fsp3) is 0.673. The van der Waals surface area contributed by atoms with Crippen LogP contribution in [0.2, 0.25) is 0 Å². The van der Waals surface area contributed by atoms with Gasteiger partial charge >= 0.3 is 5.97 Å². The number of sulfone groups is 1. The fourth-order valence-electron chi connectivity index (χ4n) is 8.17. The van der Waals surface area contributed by atoms with Crippen molar-refractivity contribution in [2.75, 3.05) is 25.2 Å². The van der Waals surface area contributed by atoms with Crippen LogP contribution in [0.4, 0.5) is 0 Å². The Bertz CT molecular complexity index is 1910. The molecule has 0 aromatic carbocycles. The first kappa shape index (κ1) is 60.8. The topological polar surface area (TPSA) is 346 Å². The van der Waals surface area contributed by atoms with E-state index in [2.05, 4.69) is 5.32 Å². The molecule has 0 saturated carbocycles. The number of carbonyl (C=O) groups is 2. The fourth-order valence-corrected chi connectivity index (χ4v) is 8.84. The Morgan fingerprint density at radius 2 is 1.34 bits per heavy atom. The number of fused-ring (bicyclic) bond motifs is 2. The molecule has 0 spiro atoms. The molecule has 3 heterocycles. The summed E-state index contributed by atoms with van der Waals surface area (Å²) in [6.07, 6.45) is 5.75. The van der Waals surface area contributed by atoms with Crippen LogP contribution in [0.15, 0.2) is 85.1 Å². The Hall–Kier alpha value is -3.49. The van der Waals surface area contributed by atoms with Crippen molar-refractivity contribution in [1.29, 1.82) is 0 Å². The SMILES string of the molecule is C[C@H]1C[C@H](O)[C@@H](C)/C=C/C=C/C=C/C=C/C=C/C=C/C=C/C(O[C@@H]2OC[C@@H](O)[C@H](N)[C@@H]2O)C[C@@H]2OC(O)(CC(O)CC(O)C(O)CCC(O)C[C@@H](O)CC(=O)O1)C[C@H](O)C2C(=O)NCCCS(C)(=O)=O. The lowest BCUT2D eigenvalue weighted by Crippen LogP contribution is -2.59. The number of rotatable bonds is 7. The Morgan fingerprint density at radius 3 is 1.96 bits per heavy atom. The Labute approximate surface area is 411 Å². The average Bonchev–Trinajstić information content (AvgIpc) is 3.25. The maximum absolute atomic E-state index is 13.7. The van der Waals surface area contributed by atoms with E-state index in [4.69, 9.17) is 24.7 Å². The van der Waals surface area contributed by atoms with Gasteiger partial charge in [0, 0.05) is 50.8 Å². The summed E-state index contributed by atoms with van der Waals surface area (Å²) in [7, 11) is -3.35. The van der Waals surface area contributed by atoms with E-state index in [1.54, 1.807) is 85.9 Å². The lowest BCUT2D eigenvalue weighted by Gasteiger charge is -2.45. The molecule has 1 amide bonds. The van der Waals surface area contributed by atoms with Gasteiger partial charge in [0.25, 0.3) is 0 Å². The van der Waals surface area contributed by atoms with Gasteiger partial charge in [-0.15, -0.1) is 0 Å². The van der Waals surface area contributed by atoms with Crippen molar-refractivity contribution in [2.45, 2.75) is 169 Å². The maximum atomic E-state index is 13.7. The molecule has 0 aliphatic carbocycles.